The predicted molar refractivity (Wildman–Crippen MR) is 74.5 cm³/mol. The van der Waals surface area contributed by atoms with Crippen molar-refractivity contribution in [2.24, 2.45) is 11.8 Å². The SMILES string of the molecule is c1cc(C2CC2)ccc1CNC(C1CC1)C1CC1. The summed E-state index contributed by atoms with van der Waals surface area (Å²) in [7, 11) is 0. The van der Waals surface area contributed by atoms with Gasteiger partial charge in [0, 0.05) is 12.6 Å². The molecule has 18 heavy (non-hydrogen) atoms. The van der Waals surface area contributed by atoms with Crippen LogP contribution < -0.4 is 5.32 Å². The van der Waals surface area contributed by atoms with Crippen LogP contribution in [0.2, 0.25) is 0 Å². The summed E-state index contributed by atoms with van der Waals surface area (Å²) >= 11 is 0. The van der Waals surface area contributed by atoms with Gasteiger partial charge in [-0.05, 0) is 67.4 Å². The van der Waals surface area contributed by atoms with Gasteiger partial charge in [-0.3, -0.25) is 0 Å². The lowest BCUT2D eigenvalue weighted by Gasteiger charge is -2.17. The summed E-state index contributed by atoms with van der Waals surface area (Å²) in [6, 6.07) is 10.2. The minimum atomic E-state index is 0.827. The van der Waals surface area contributed by atoms with Gasteiger partial charge < -0.3 is 5.32 Å². The Kier molecular flexibility index (Phi) is 2.69. The Balaban J connectivity index is 1.35. The largest absolute Gasteiger partial charge is 0.309 e. The molecule has 0 radical (unpaired) electrons. The molecule has 96 valence electrons. The van der Waals surface area contributed by atoms with Crippen molar-refractivity contribution in [2.45, 2.75) is 57.0 Å². The molecule has 0 bridgehead atoms. The second-order valence-corrected chi connectivity index (χ2v) is 6.60. The molecular weight excluding hydrogens is 218 g/mol. The zero-order chi connectivity index (χ0) is 11.9. The number of nitrogens with one attached hydrogen (secondary N) is 1. The van der Waals surface area contributed by atoms with Crippen molar-refractivity contribution >= 4 is 0 Å². The molecule has 1 N–H and O–H groups in total. The van der Waals surface area contributed by atoms with Gasteiger partial charge in [0.25, 0.3) is 0 Å². The molecule has 3 fully saturated rings. The zero-order valence-electron chi connectivity index (χ0n) is 11.1. The van der Waals surface area contributed by atoms with E-state index in [0.717, 1.165) is 30.3 Å². The average molecular weight is 241 g/mol. The molecule has 0 aliphatic heterocycles. The highest BCUT2D eigenvalue weighted by atomic mass is 14.9. The fourth-order valence-electron chi connectivity index (χ4n) is 3.19. The van der Waals surface area contributed by atoms with Crippen LogP contribution in [0.15, 0.2) is 24.3 Å². The average Bonchev–Trinajstić information content (AvgIpc) is 3.28. The first-order chi connectivity index (χ1) is 8.90. The summed E-state index contributed by atoms with van der Waals surface area (Å²) in [5, 5.41) is 3.82. The summed E-state index contributed by atoms with van der Waals surface area (Å²) in [4.78, 5) is 0. The third kappa shape index (κ3) is 2.47. The molecule has 0 unspecified atom stereocenters. The van der Waals surface area contributed by atoms with Crippen LogP contribution in [0.4, 0.5) is 0 Å². The molecule has 1 nitrogen and oxygen atoms in total. The minimum absolute atomic E-state index is 0.827. The summed E-state index contributed by atoms with van der Waals surface area (Å²) in [5.41, 5.74) is 3.02. The summed E-state index contributed by atoms with van der Waals surface area (Å²) in [6.45, 7) is 1.07. The Morgan fingerprint density at radius 1 is 0.889 bits per heavy atom. The van der Waals surface area contributed by atoms with E-state index in [9.17, 15) is 0 Å². The summed E-state index contributed by atoms with van der Waals surface area (Å²) in [5.74, 6) is 2.89. The van der Waals surface area contributed by atoms with Crippen LogP contribution >= 0.6 is 0 Å². The molecule has 1 aromatic rings. The molecule has 1 heteroatoms. The molecule has 4 rings (SSSR count). The van der Waals surface area contributed by atoms with Crippen molar-refractivity contribution in [3.05, 3.63) is 35.4 Å². The molecular formula is C17H23N. The van der Waals surface area contributed by atoms with E-state index < -0.39 is 0 Å². The third-order valence-corrected chi connectivity index (χ3v) is 4.83. The van der Waals surface area contributed by atoms with Crippen LogP contribution in [0.3, 0.4) is 0 Å². The summed E-state index contributed by atoms with van der Waals surface area (Å²) < 4.78 is 0. The monoisotopic (exact) mass is 241 g/mol. The lowest BCUT2D eigenvalue weighted by Crippen LogP contribution is -2.32. The Labute approximate surface area is 110 Å². The van der Waals surface area contributed by atoms with Gasteiger partial charge in [-0.15, -0.1) is 0 Å². The highest BCUT2D eigenvalue weighted by Crippen LogP contribution is 2.44. The van der Waals surface area contributed by atoms with E-state index in [4.69, 9.17) is 0 Å². The third-order valence-electron chi connectivity index (χ3n) is 4.83. The predicted octanol–water partition coefficient (Wildman–Crippen LogP) is 3.84. The highest BCUT2D eigenvalue weighted by Gasteiger charge is 2.40. The Morgan fingerprint density at radius 3 is 2.00 bits per heavy atom. The number of hydrogen-bond acceptors (Lipinski definition) is 1. The second kappa shape index (κ2) is 4.38. The quantitative estimate of drug-likeness (QED) is 0.798. The first kappa shape index (κ1) is 11.0. The maximum atomic E-state index is 3.82. The van der Waals surface area contributed by atoms with Gasteiger partial charge >= 0.3 is 0 Å². The van der Waals surface area contributed by atoms with Crippen LogP contribution in [-0.2, 0) is 6.54 Å². The molecule has 0 saturated heterocycles. The van der Waals surface area contributed by atoms with E-state index in [2.05, 4.69) is 29.6 Å². The molecule has 3 aliphatic carbocycles. The van der Waals surface area contributed by atoms with Gasteiger partial charge in [0.05, 0.1) is 0 Å². The number of hydrogen-bond donors (Lipinski definition) is 1. The molecule has 0 spiro atoms. The second-order valence-electron chi connectivity index (χ2n) is 6.60. The smallest absolute Gasteiger partial charge is 0.0208 e. The lowest BCUT2D eigenvalue weighted by atomic mass is 10.1. The number of benzene rings is 1. The minimum Gasteiger partial charge on any atom is -0.309 e. The van der Waals surface area contributed by atoms with Crippen molar-refractivity contribution in [1.82, 2.24) is 5.32 Å². The number of rotatable bonds is 6. The first-order valence-corrected chi connectivity index (χ1v) is 7.72. The fraction of sp³-hybridized carbons (Fsp3) is 0.647. The van der Waals surface area contributed by atoms with Crippen LogP contribution in [0.25, 0.3) is 0 Å². The van der Waals surface area contributed by atoms with Gasteiger partial charge in [-0.25, -0.2) is 0 Å². The van der Waals surface area contributed by atoms with Crippen LogP contribution in [0.1, 0.15) is 55.6 Å². The van der Waals surface area contributed by atoms with Crippen molar-refractivity contribution in [3.8, 4) is 0 Å². The van der Waals surface area contributed by atoms with Gasteiger partial charge in [0.2, 0.25) is 0 Å². The lowest BCUT2D eigenvalue weighted by molar-refractivity contribution is 0.416. The molecule has 3 aliphatic rings. The van der Waals surface area contributed by atoms with Gasteiger partial charge in [0.1, 0.15) is 0 Å². The van der Waals surface area contributed by atoms with E-state index in [1.165, 1.54) is 44.1 Å². The van der Waals surface area contributed by atoms with E-state index in [1.807, 2.05) is 0 Å². The van der Waals surface area contributed by atoms with Crippen molar-refractivity contribution in [1.29, 1.82) is 0 Å². The maximum absolute atomic E-state index is 3.82. The Bertz CT molecular complexity index is 398. The van der Waals surface area contributed by atoms with Crippen molar-refractivity contribution in [2.75, 3.05) is 0 Å². The standard InChI is InChI=1S/C17H23N/c1-3-13(14-5-6-14)4-2-12(1)11-18-17(15-7-8-15)16-9-10-16/h1-4,14-18H,5-11H2. The van der Waals surface area contributed by atoms with Gasteiger partial charge in [-0.2, -0.15) is 0 Å². The van der Waals surface area contributed by atoms with Crippen LogP contribution in [-0.4, -0.2) is 6.04 Å². The normalized spacial score (nSPS) is 23.6. The zero-order valence-corrected chi connectivity index (χ0v) is 11.1. The Morgan fingerprint density at radius 2 is 1.50 bits per heavy atom. The van der Waals surface area contributed by atoms with Gasteiger partial charge in [-0.1, -0.05) is 24.3 Å². The molecule has 3 saturated carbocycles. The molecule has 0 heterocycles. The van der Waals surface area contributed by atoms with E-state index in [-0.39, 0.29) is 0 Å². The fourth-order valence-corrected chi connectivity index (χ4v) is 3.19. The first-order valence-electron chi connectivity index (χ1n) is 7.72. The van der Waals surface area contributed by atoms with Crippen molar-refractivity contribution in [3.63, 3.8) is 0 Å². The molecule has 0 amide bonds. The highest BCUT2D eigenvalue weighted by molar-refractivity contribution is 5.28. The van der Waals surface area contributed by atoms with E-state index in [0.29, 0.717) is 0 Å². The maximum Gasteiger partial charge on any atom is 0.0208 e. The molecule has 1 aromatic carbocycles. The van der Waals surface area contributed by atoms with Crippen LogP contribution in [0.5, 0.6) is 0 Å². The summed E-state index contributed by atoms with van der Waals surface area (Å²) in [6.07, 6.45) is 8.68. The molecule has 0 atom stereocenters. The van der Waals surface area contributed by atoms with Crippen molar-refractivity contribution < 1.29 is 0 Å². The Hall–Kier alpha value is -0.820. The molecule has 0 aromatic heterocycles. The van der Waals surface area contributed by atoms with Crippen LogP contribution in [0, 0.1) is 11.8 Å². The topological polar surface area (TPSA) is 12.0 Å². The van der Waals surface area contributed by atoms with E-state index >= 15 is 0 Å². The van der Waals surface area contributed by atoms with E-state index in [1.54, 1.807) is 5.56 Å². The van der Waals surface area contributed by atoms with Gasteiger partial charge in [0.15, 0.2) is 0 Å².